The summed E-state index contributed by atoms with van der Waals surface area (Å²) >= 11 is 0. The predicted molar refractivity (Wildman–Crippen MR) is 76.0 cm³/mol. The van der Waals surface area contributed by atoms with Gasteiger partial charge >= 0.3 is 0 Å². The van der Waals surface area contributed by atoms with Gasteiger partial charge in [0.15, 0.2) is 0 Å². The van der Waals surface area contributed by atoms with Gasteiger partial charge in [0.25, 0.3) is 0 Å². The topological polar surface area (TPSA) is 63.8 Å². The van der Waals surface area contributed by atoms with Gasteiger partial charge in [-0.15, -0.1) is 0 Å². The van der Waals surface area contributed by atoms with Crippen LogP contribution in [0.2, 0.25) is 0 Å². The number of aryl methyl sites for hydroxylation is 1. The molecule has 0 amide bonds. The summed E-state index contributed by atoms with van der Waals surface area (Å²) in [4.78, 5) is 8.93. The van der Waals surface area contributed by atoms with Crippen LogP contribution >= 0.6 is 0 Å². The van der Waals surface area contributed by atoms with Gasteiger partial charge in [-0.1, -0.05) is 25.1 Å². The zero-order valence-electron chi connectivity index (χ0n) is 12.0. The normalized spacial score (nSPS) is 22.9. The molecule has 1 saturated heterocycles. The maximum Gasteiger partial charge on any atom is 0.244 e. The van der Waals surface area contributed by atoms with E-state index in [2.05, 4.69) is 40.4 Å². The molecule has 0 spiro atoms. The molecular formula is C15H20N4O. The summed E-state index contributed by atoms with van der Waals surface area (Å²) in [5, 5.41) is 7.55. The summed E-state index contributed by atoms with van der Waals surface area (Å²) in [5.74, 6) is 1.97. The largest absolute Gasteiger partial charge is 0.337 e. The van der Waals surface area contributed by atoms with Crippen LogP contribution in [-0.4, -0.2) is 21.7 Å². The van der Waals surface area contributed by atoms with E-state index in [1.54, 1.807) is 6.20 Å². The highest BCUT2D eigenvalue weighted by Gasteiger charge is 2.25. The van der Waals surface area contributed by atoms with Gasteiger partial charge in [-0.3, -0.25) is 4.98 Å². The summed E-state index contributed by atoms with van der Waals surface area (Å²) in [5.41, 5.74) is 1.97. The Bertz CT molecular complexity index is 581. The van der Waals surface area contributed by atoms with Crippen LogP contribution in [0.1, 0.15) is 44.2 Å². The van der Waals surface area contributed by atoms with Crippen molar-refractivity contribution >= 4 is 0 Å². The van der Waals surface area contributed by atoms with Crippen LogP contribution in [0.15, 0.2) is 22.9 Å². The van der Waals surface area contributed by atoms with Gasteiger partial charge < -0.3 is 9.84 Å². The smallest absolute Gasteiger partial charge is 0.244 e. The quantitative estimate of drug-likeness (QED) is 0.930. The molecule has 1 fully saturated rings. The standard InChI is InChI=1S/C15H20N4O/c1-3-11-5-4-7-17-13(11)14-18-15(20-19-14)12-9-10(2)6-8-16-12/h4-5,7,10,12,16H,3,6,8-9H2,1-2H3. The van der Waals surface area contributed by atoms with Crippen LogP contribution in [0.25, 0.3) is 11.5 Å². The van der Waals surface area contributed by atoms with Gasteiger partial charge in [0, 0.05) is 6.20 Å². The van der Waals surface area contributed by atoms with Gasteiger partial charge in [0.1, 0.15) is 5.69 Å². The monoisotopic (exact) mass is 272 g/mol. The van der Waals surface area contributed by atoms with E-state index in [0.29, 0.717) is 17.6 Å². The number of rotatable bonds is 3. The lowest BCUT2D eigenvalue weighted by Crippen LogP contribution is -2.30. The molecule has 3 rings (SSSR count). The van der Waals surface area contributed by atoms with Crippen molar-refractivity contribution in [2.24, 2.45) is 5.92 Å². The minimum atomic E-state index is 0.175. The Hall–Kier alpha value is -1.75. The Morgan fingerprint density at radius 2 is 2.35 bits per heavy atom. The summed E-state index contributed by atoms with van der Waals surface area (Å²) < 4.78 is 5.44. The molecule has 2 aromatic rings. The van der Waals surface area contributed by atoms with Crippen LogP contribution in [0.4, 0.5) is 0 Å². The van der Waals surface area contributed by atoms with E-state index in [9.17, 15) is 0 Å². The van der Waals surface area contributed by atoms with E-state index in [1.807, 2.05) is 6.07 Å². The molecule has 1 aliphatic rings. The Morgan fingerprint density at radius 3 is 3.15 bits per heavy atom. The molecule has 2 aromatic heterocycles. The third kappa shape index (κ3) is 2.58. The molecule has 1 N–H and O–H groups in total. The molecule has 1 aliphatic heterocycles. The molecule has 3 heterocycles. The van der Waals surface area contributed by atoms with Gasteiger partial charge in [-0.2, -0.15) is 4.98 Å². The second-order valence-corrected chi connectivity index (χ2v) is 5.46. The summed E-state index contributed by atoms with van der Waals surface area (Å²) in [7, 11) is 0. The lowest BCUT2D eigenvalue weighted by Gasteiger charge is -2.25. The van der Waals surface area contributed by atoms with Crippen molar-refractivity contribution in [1.29, 1.82) is 0 Å². The second kappa shape index (κ2) is 5.71. The maximum absolute atomic E-state index is 5.44. The first kappa shape index (κ1) is 13.2. The average molecular weight is 272 g/mol. The molecule has 20 heavy (non-hydrogen) atoms. The summed E-state index contributed by atoms with van der Waals surface area (Å²) in [6.45, 7) is 5.37. The third-order valence-corrected chi connectivity index (χ3v) is 3.89. The van der Waals surface area contributed by atoms with Crippen molar-refractivity contribution in [3.05, 3.63) is 29.8 Å². The first-order valence-electron chi connectivity index (χ1n) is 7.29. The molecule has 0 aliphatic carbocycles. The van der Waals surface area contributed by atoms with E-state index in [-0.39, 0.29) is 6.04 Å². The number of aromatic nitrogens is 3. The van der Waals surface area contributed by atoms with Gasteiger partial charge in [-0.05, 0) is 43.4 Å². The summed E-state index contributed by atoms with van der Waals surface area (Å²) in [6.07, 6.45) is 4.93. The van der Waals surface area contributed by atoms with Gasteiger partial charge in [-0.25, -0.2) is 0 Å². The minimum Gasteiger partial charge on any atom is -0.337 e. The molecule has 0 bridgehead atoms. The Labute approximate surface area is 118 Å². The number of piperidine rings is 1. The van der Waals surface area contributed by atoms with E-state index in [0.717, 1.165) is 30.6 Å². The van der Waals surface area contributed by atoms with Crippen molar-refractivity contribution < 1.29 is 4.52 Å². The van der Waals surface area contributed by atoms with Crippen LogP contribution in [-0.2, 0) is 6.42 Å². The highest BCUT2D eigenvalue weighted by molar-refractivity contribution is 5.53. The number of hydrogen-bond acceptors (Lipinski definition) is 5. The van der Waals surface area contributed by atoms with Crippen LogP contribution < -0.4 is 5.32 Å². The first-order chi connectivity index (χ1) is 9.78. The number of nitrogens with zero attached hydrogens (tertiary/aromatic N) is 3. The Kier molecular flexibility index (Phi) is 3.78. The first-order valence-corrected chi connectivity index (χ1v) is 7.29. The van der Waals surface area contributed by atoms with Crippen LogP contribution in [0.5, 0.6) is 0 Å². The molecule has 0 aromatic carbocycles. The van der Waals surface area contributed by atoms with E-state index < -0.39 is 0 Å². The second-order valence-electron chi connectivity index (χ2n) is 5.46. The fourth-order valence-electron chi connectivity index (χ4n) is 2.69. The van der Waals surface area contributed by atoms with Gasteiger partial charge in [0.2, 0.25) is 11.7 Å². The predicted octanol–water partition coefficient (Wildman–Crippen LogP) is 2.75. The number of pyridine rings is 1. The molecule has 2 atom stereocenters. The van der Waals surface area contributed by atoms with Gasteiger partial charge in [0.05, 0.1) is 6.04 Å². The van der Waals surface area contributed by atoms with Crippen molar-refractivity contribution in [2.45, 2.75) is 39.2 Å². The fraction of sp³-hybridized carbons (Fsp3) is 0.533. The van der Waals surface area contributed by atoms with E-state index in [4.69, 9.17) is 4.52 Å². The molecule has 5 nitrogen and oxygen atoms in total. The highest BCUT2D eigenvalue weighted by atomic mass is 16.5. The van der Waals surface area contributed by atoms with Crippen molar-refractivity contribution in [1.82, 2.24) is 20.4 Å². The van der Waals surface area contributed by atoms with Crippen molar-refractivity contribution in [2.75, 3.05) is 6.54 Å². The number of hydrogen-bond donors (Lipinski definition) is 1. The molecule has 2 unspecified atom stereocenters. The molecular weight excluding hydrogens is 252 g/mol. The Morgan fingerprint density at radius 1 is 1.45 bits per heavy atom. The lowest BCUT2D eigenvalue weighted by atomic mass is 9.94. The molecule has 0 radical (unpaired) electrons. The van der Waals surface area contributed by atoms with E-state index in [1.165, 1.54) is 6.42 Å². The average Bonchev–Trinajstić information content (AvgIpc) is 2.97. The minimum absolute atomic E-state index is 0.175. The SMILES string of the molecule is CCc1cccnc1-c1noc(C2CC(C)CCN2)n1. The lowest BCUT2D eigenvalue weighted by molar-refractivity contribution is 0.260. The van der Waals surface area contributed by atoms with Crippen LogP contribution in [0, 0.1) is 5.92 Å². The van der Waals surface area contributed by atoms with E-state index >= 15 is 0 Å². The molecule has 106 valence electrons. The Balaban J connectivity index is 1.86. The zero-order valence-corrected chi connectivity index (χ0v) is 12.0. The molecule has 0 saturated carbocycles. The van der Waals surface area contributed by atoms with Crippen LogP contribution in [0.3, 0.4) is 0 Å². The zero-order chi connectivity index (χ0) is 13.9. The van der Waals surface area contributed by atoms with Crippen molar-refractivity contribution in [3.8, 4) is 11.5 Å². The maximum atomic E-state index is 5.44. The molecule has 5 heteroatoms. The third-order valence-electron chi connectivity index (χ3n) is 3.89. The van der Waals surface area contributed by atoms with Crippen molar-refractivity contribution in [3.63, 3.8) is 0 Å². The fourth-order valence-corrected chi connectivity index (χ4v) is 2.69. The highest BCUT2D eigenvalue weighted by Crippen LogP contribution is 2.27. The number of nitrogens with one attached hydrogen (secondary N) is 1. The summed E-state index contributed by atoms with van der Waals surface area (Å²) in [6, 6.07) is 4.17.